The summed E-state index contributed by atoms with van der Waals surface area (Å²) in [6.07, 6.45) is 4.60. The number of hydrogen-bond acceptors (Lipinski definition) is 2. The summed E-state index contributed by atoms with van der Waals surface area (Å²) >= 11 is 4.93. The van der Waals surface area contributed by atoms with Gasteiger partial charge < -0.3 is 16.4 Å². The summed E-state index contributed by atoms with van der Waals surface area (Å²) in [6, 6.07) is 0.226. The second-order valence-electron chi connectivity index (χ2n) is 5.06. The molecule has 0 saturated heterocycles. The number of nitrogens with two attached hydrogens (primary N) is 1. The lowest BCUT2D eigenvalue weighted by atomic mass is 9.94. The molecule has 0 spiro atoms. The van der Waals surface area contributed by atoms with Crippen molar-refractivity contribution in [3.05, 3.63) is 0 Å². The maximum absolute atomic E-state index is 11.6. The first-order valence-electron chi connectivity index (χ1n) is 5.76. The highest BCUT2D eigenvalue weighted by atomic mass is 32.1. The fraction of sp³-hybridized carbons (Fsp3) is 0.818. The molecular formula is C11H21N3OS. The number of rotatable bonds is 4. The smallest absolute Gasteiger partial charge is 0.315 e. The Labute approximate surface area is 102 Å². The first kappa shape index (κ1) is 13.2. The third-order valence-electron chi connectivity index (χ3n) is 3.05. The van der Waals surface area contributed by atoms with Crippen molar-refractivity contribution in [1.29, 1.82) is 0 Å². The second-order valence-corrected chi connectivity index (χ2v) is 5.50. The number of nitrogens with one attached hydrogen (secondary N) is 2. The Bertz CT molecular complexity index is 272. The van der Waals surface area contributed by atoms with Crippen molar-refractivity contribution in [1.82, 2.24) is 10.6 Å². The van der Waals surface area contributed by atoms with Gasteiger partial charge in [-0.05, 0) is 12.8 Å². The summed E-state index contributed by atoms with van der Waals surface area (Å²) in [6.45, 7) is 4.32. The molecular weight excluding hydrogens is 222 g/mol. The quantitative estimate of drug-likeness (QED) is 0.656. The van der Waals surface area contributed by atoms with Gasteiger partial charge >= 0.3 is 6.03 Å². The van der Waals surface area contributed by atoms with Crippen LogP contribution < -0.4 is 16.4 Å². The van der Waals surface area contributed by atoms with Crippen LogP contribution in [0.25, 0.3) is 0 Å². The fourth-order valence-electron chi connectivity index (χ4n) is 1.69. The van der Waals surface area contributed by atoms with Crippen LogP contribution in [0.15, 0.2) is 0 Å². The third kappa shape index (κ3) is 3.96. The molecule has 92 valence electrons. The molecule has 1 rings (SSSR count). The van der Waals surface area contributed by atoms with Crippen LogP contribution in [-0.2, 0) is 0 Å². The summed E-state index contributed by atoms with van der Waals surface area (Å²) in [7, 11) is 0. The van der Waals surface area contributed by atoms with E-state index in [1.165, 1.54) is 12.8 Å². The van der Waals surface area contributed by atoms with Gasteiger partial charge in [-0.15, -0.1) is 0 Å². The molecule has 1 aliphatic carbocycles. The minimum absolute atomic E-state index is 0.115. The van der Waals surface area contributed by atoms with Crippen molar-refractivity contribution in [3.63, 3.8) is 0 Å². The summed E-state index contributed by atoms with van der Waals surface area (Å²) in [5.41, 5.74) is 5.25. The molecule has 0 atom stereocenters. The number of carbonyl (C=O) groups excluding carboxylic acids is 1. The first-order chi connectivity index (χ1) is 7.42. The largest absolute Gasteiger partial charge is 0.393 e. The molecule has 0 heterocycles. The van der Waals surface area contributed by atoms with Gasteiger partial charge in [0.25, 0.3) is 0 Å². The Balaban J connectivity index is 2.26. The topological polar surface area (TPSA) is 67.2 Å². The highest BCUT2D eigenvalue weighted by Crippen LogP contribution is 2.17. The third-order valence-corrected chi connectivity index (χ3v) is 3.60. The zero-order chi connectivity index (χ0) is 12.2. The van der Waals surface area contributed by atoms with E-state index in [0.717, 1.165) is 12.8 Å². The highest BCUT2D eigenvalue weighted by Gasteiger charge is 2.23. The zero-order valence-electron chi connectivity index (χ0n) is 10.0. The molecule has 0 bridgehead atoms. The second kappa shape index (κ2) is 5.48. The minimum atomic E-state index is -0.331. The van der Waals surface area contributed by atoms with Crippen LogP contribution >= 0.6 is 12.2 Å². The number of urea groups is 1. The monoisotopic (exact) mass is 243 g/mol. The van der Waals surface area contributed by atoms with E-state index < -0.39 is 0 Å². The first-order valence-corrected chi connectivity index (χ1v) is 6.17. The van der Waals surface area contributed by atoms with Crippen LogP contribution in [0.5, 0.6) is 0 Å². The van der Waals surface area contributed by atoms with E-state index in [0.29, 0.717) is 17.6 Å². The van der Waals surface area contributed by atoms with Gasteiger partial charge in [0, 0.05) is 18.0 Å². The lowest BCUT2D eigenvalue weighted by Crippen LogP contribution is -2.47. The molecule has 5 heteroatoms. The van der Waals surface area contributed by atoms with Crippen molar-refractivity contribution in [2.75, 3.05) is 6.54 Å². The zero-order valence-corrected chi connectivity index (χ0v) is 10.8. The van der Waals surface area contributed by atoms with Gasteiger partial charge in [-0.1, -0.05) is 38.9 Å². The Morgan fingerprint density at radius 1 is 1.44 bits per heavy atom. The maximum atomic E-state index is 11.6. The number of carbonyl (C=O) groups is 1. The summed E-state index contributed by atoms with van der Waals surface area (Å²) in [5, 5.41) is 5.77. The van der Waals surface area contributed by atoms with Gasteiger partial charge in [0.1, 0.15) is 0 Å². The van der Waals surface area contributed by atoms with E-state index in [1.807, 2.05) is 13.8 Å². The van der Waals surface area contributed by atoms with Crippen molar-refractivity contribution >= 4 is 23.2 Å². The molecule has 0 aromatic rings. The van der Waals surface area contributed by atoms with Crippen LogP contribution in [0.3, 0.4) is 0 Å². The van der Waals surface area contributed by atoms with Crippen LogP contribution in [0.1, 0.15) is 39.5 Å². The molecule has 4 N–H and O–H groups in total. The van der Waals surface area contributed by atoms with E-state index >= 15 is 0 Å². The SMILES string of the molecule is CC(C)(CNC(=O)NC1CCCC1)C(N)=S. The standard InChI is InChI=1S/C11H21N3OS/c1-11(2,9(12)16)7-13-10(15)14-8-5-3-4-6-8/h8H,3-7H2,1-2H3,(H2,12,16)(H2,13,14,15). The summed E-state index contributed by atoms with van der Waals surface area (Å²) in [5.74, 6) is 0. The van der Waals surface area contributed by atoms with Gasteiger partial charge in [0.05, 0.1) is 4.99 Å². The van der Waals surface area contributed by atoms with E-state index in [9.17, 15) is 4.79 Å². The van der Waals surface area contributed by atoms with Crippen molar-refractivity contribution in [2.24, 2.45) is 11.1 Å². The Morgan fingerprint density at radius 2 is 2.00 bits per heavy atom. The average molecular weight is 243 g/mol. The molecule has 0 aromatic heterocycles. The van der Waals surface area contributed by atoms with Crippen LogP contribution in [0, 0.1) is 5.41 Å². The maximum Gasteiger partial charge on any atom is 0.315 e. The van der Waals surface area contributed by atoms with Gasteiger partial charge in [0.15, 0.2) is 0 Å². The van der Waals surface area contributed by atoms with Crippen LogP contribution in [0.2, 0.25) is 0 Å². The van der Waals surface area contributed by atoms with E-state index in [-0.39, 0.29) is 11.4 Å². The van der Waals surface area contributed by atoms with E-state index in [2.05, 4.69) is 10.6 Å². The molecule has 0 unspecified atom stereocenters. The molecule has 0 aromatic carbocycles. The fourth-order valence-corrected chi connectivity index (χ4v) is 1.77. The predicted octanol–water partition coefficient (Wildman–Crippen LogP) is 1.54. The normalized spacial score (nSPS) is 17.1. The van der Waals surface area contributed by atoms with Crippen LogP contribution in [-0.4, -0.2) is 23.6 Å². The lowest BCUT2D eigenvalue weighted by molar-refractivity contribution is 0.234. The number of hydrogen-bond donors (Lipinski definition) is 3. The molecule has 16 heavy (non-hydrogen) atoms. The van der Waals surface area contributed by atoms with Gasteiger partial charge in [-0.3, -0.25) is 0 Å². The van der Waals surface area contributed by atoms with Crippen molar-refractivity contribution in [3.8, 4) is 0 Å². The molecule has 1 saturated carbocycles. The number of amides is 2. The molecule has 1 aliphatic rings. The van der Waals surface area contributed by atoms with E-state index in [1.54, 1.807) is 0 Å². The minimum Gasteiger partial charge on any atom is -0.393 e. The average Bonchev–Trinajstić information content (AvgIpc) is 2.67. The summed E-state index contributed by atoms with van der Waals surface area (Å²) < 4.78 is 0. The molecule has 0 aliphatic heterocycles. The number of thiocarbonyl (C=S) groups is 1. The molecule has 2 amide bonds. The predicted molar refractivity (Wildman–Crippen MR) is 69.4 cm³/mol. The van der Waals surface area contributed by atoms with Gasteiger partial charge in [0.2, 0.25) is 0 Å². The molecule has 4 nitrogen and oxygen atoms in total. The Morgan fingerprint density at radius 3 is 2.50 bits per heavy atom. The van der Waals surface area contributed by atoms with Crippen LogP contribution in [0.4, 0.5) is 4.79 Å². The summed E-state index contributed by atoms with van der Waals surface area (Å²) in [4.78, 5) is 12.0. The molecule has 1 fully saturated rings. The highest BCUT2D eigenvalue weighted by molar-refractivity contribution is 7.80. The van der Waals surface area contributed by atoms with Crippen molar-refractivity contribution in [2.45, 2.75) is 45.6 Å². The van der Waals surface area contributed by atoms with Gasteiger partial charge in [-0.25, -0.2) is 4.79 Å². The van der Waals surface area contributed by atoms with Gasteiger partial charge in [-0.2, -0.15) is 0 Å². The Hall–Kier alpha value is -0.840. The Kier molecular flexibility index (Phi) is 4.53. The van der Waals surface area contributed by atoms with E-state index in [4.69, 9.17) is 18.0 Å². The molecule has 0 radical (unpaired) electrons. The van der Waals surface area contributed by atoms with Crippen molar-refractivity contribution < 1.29 is 4.79 Å². The lowest BCUT2D eigenvalue weighted by Gasteiger charge is -2.24.